The number of furan rings is 1. The second kappa shape index (κ2) is 5.43. The SMILES string of the molecule is CC1CC(C)SC(=NCCc2ccco2)N1. The summed E-state index contributed by atoms with van der Waals surface area (Å²) in [6, 6.07) is 4.45. The molecular formula is C12H18N2OS. The largest absolute Gasteiger partial charge is 0.469 e. The highest BCUT2D eigenvalue weighted by Crippen LogP contribution is 2.22. The summed E-state index contributed by atoms with van der Waals surface area (Å²) in [6.45, 7) is 5.25. The quantitative estimate of drug-likeness (QED) is 0.879. The zero-order valence-corrected chi connectivity index (χ0v) is 10.6. The lowest BCUT2D eigenvalue weighted by atomic mass is 10.2. The van der Waals surface area contributed by atoms with E-state index in [4.69, 9.17) is 4.42 Å². The average molecular weight is 238 g/mol. The van der Waals surface area contributed by atoms with Gasteiger partial charge in [0.25, 0.3) is 0 Å². The number of nitrogens with zero attached hydrogens (tertiary/aromatic N) is 1. The van der Waals surface area contributed by atoms with Gasteiger partial charge in [-0.05, 0) is 25.5 Å². The maximum absolute atomic E-state index is 5.27. The molecule has 0 aliphatic carbocycles. The first-order valence-electron chi connectivity index (χ1n) is 5.74. The van der Waals surface area contributed by atoms with Crippen LogP contribution in [0.25, 0.3) is 0 Å². The van der Waals surface area contributed by atoms with Crippen LogP contribution in [0.1, 0.15) is 26.0 Å². The van der Waals surface area contributed by atoms with Gasteiger partial charge < -0.3 is 9.73 Å². The summed E-state index contributed by atoms with van der Waals surface area (Å²) in [6.07, 6.45) is 3.80. The lowest BCUT2D eigenvalue weighted by molar-refractivity contribution is 0.510. The summed E-state index contributed by atoms with van der Waals surface area (Å²) in [4.78, 5) is 4.57. The minimum absolute atomic E-state index is 0.540. The van der Waals surface area contributed by atoms with E-state index in [1.165, 1.54) is 6.42 Å². The molecule has 1 aliphatic rings. The Hall–Kier alpha value is -0.900. The highest BCUT2D eigenvalue weighted by atomic mass is 32.2. The summed E-state index contributed by atoms with van der Waals surface area (Å²) in [5, 5.41) is 5.16. The van der Waals surface area contributed by atoms with E-state index in [0.29, 0.717) is 11.3 Å². The minimum atomic E-state index is 0.540. The van der Waals surface area contributed by atoms with Crippen LogP contribution in [0.5, 0.6) is 0 Å². The first kappa shape index (κ1) is 11.6. The molecule has 0 radical (unpaired) electrons. The van der Waals surface area contributed by atoms with Crippen molar-refractivity contribution in [3.05, 3.63) is 24.2 Å². The van der Waals surface area contributed by atoms with Crippen molar-refractivity contribution in [1.29, 1.82) is 0 Å². The Balaban J connectivity index is 1.82. The van der Waals surface area contributed by atoms with Gasteiger partial charge in [0.2, 0.25) is 0 Å². The van der Waals surface area contributed by atoms with E-state index < -0.39 is 0 Å². The normalized spacial score (nSPS) is 28.0. The summed E-state index contributed by atoms with van der Waals surface area (Å²) >= 11 is 1.84. The molecule has 16 heavy (non-hydrogen) atoms. The molecule has 0 saturated carbocycles. The Bertz CT molecular complexity index is 336. The van der Waals surface area contributed by atoms with Crippen molar-refractivity contribution < 1.29 is 4.42 Å². The van der Waals surface area contributed by atoms with Gasteiger partial charge in [0, 0.05) is 24.3 Å². The zero-order chi connectivity index (χ0) is 11.4. The molecule has 88 valence electrons. The third kappa shape index (κ3) is 3.30. The lowest BCUT2D eigenvalue weighted by Gasteiger charge is -2.26. The number of thioether (sulfide) groups is 1. The number of rotatable bonds is 3. The standard InChI is InChI=1S/C12H18N2OS/c1-9-8-10(2)16-12(14-9)13-6-5-11-4-3-7-15-11/h3-4,7,9-10H,5-6,8H2,1-2H3,(H,13,14). The predicted octanol–water partition coefficient (Wildman–Crippen LogP) is 2.68. The van der Waals surface area contributed by atoms with Gasteiger partial charge >= 0.3 is 0 Å². The molecule has 1 aliphatic heterocycles. The van der Waals surface area contributed by atoms with Crippen molar-refractivity contribution in [3.63, 3.8) is 0 Å². The van der Waals surface area contributed by atoms with Crippen LogP contribution in [-0.2, 0) is 6.42 Å². The van der Waals surface area contributed by atoms with E-state index >= 15 is 0 Å². The van der Waals surface area contributed by atoms with E-state index in [9.17, 15) is 0 Å². The molecule has 2 atom stereocenters. The second-order valence-electron chi connectivity index (χ2n) is 4.23. The number of amidine groups is 1. The number of nitrogens with one attached hydrogen (secondary N) is 1. The molecule has 0 amide bonds. The van der Waals surface area contributed by atoms with Gasteiger partial charge in [-0.3, -0.25) is 4.99 Å². The first-order valence-corrected chi connectivity index (χ1v) is 6.62. The van der Waals surface area contributed by atoms with Crippen molar-refractivity contribution >= 4 is 16.9 Å². The molecule has 2 unspecified atom stereocenters. The van der Waals surface area contributed by atoms with Gasteiger partial charge in [-0.25, -0.2) is 0 Å². The predicted molar refractivity (Wildman–Crippen MR) is 69.0 cm³/mol. The molecule has 1 saturated heterocycles. The fourth-order valence-corrected chi connectivity index (χ4v) is 3.05. The van der Waals surface area contributed by atoms with Crippen LogP contribution in [0.15, 0.2) is 27.8 Å². The summed E-state index contributed by atoms with van der Waals surface area (Å²) in [5.74, 6) is 1.01. The van der Waals surface area contributed by atoms with E-state index in [0.717, 1.165) is 23.9 Å². The van der Waals surface area contributed by atoms with Crippen LogP contribution in [0.3, 0.4) is 0 Å². The van der Waals surface area contributed by atoms with Crippen LogP contribution in [0, 0.1) is 0 Å². The molecule has 0 bridgehead atoms. The van der Waals surface area contributed by atoms with Crippen molar-refractivity contribution in [2.24, 2.45) is 4.99 Å². The monoisotopic (exact) mass is 238 g/mol. The van der Waals surface area contributed by atoms with Crippen molar-refractivity contribution in [3.8, 4) is 0 Å². The second-order valence-corrected chi connectivity index (χ2v) is 5.65. The molecule has 1 fully saturated rings. The number of hydrogen-bond acceptors (Lipinski definition) is 3. The van der Waals surface area contributed by atoms with Crippen molar-refractivity contribution in [2.45, 2.75) is 38.0 Å². The van der Waals surface area contributed by atoms with Crippen LogP contribution >= 0.6 is 11.8 Å². The average Bonchev–Trinajstić information content (AvgIpc) is 2.69. The summed E-state index contributed by atoms with van der Waals surface area (Å²) < 4.78 is 5.27. The zero-order valence-electron chi connectivity index (χ0n) is 9.77. The fraction of sp³-hybridized carbons (Fsp3) is 0.583. The smallest absolute Gasteiger partial charge is 0.157 e. The van der Waals surface area contributed by atoms with E-state index in [1.807, 2.05) is 23.9 Å². The van der Waals surface area contributed by atoms with Crippen LogP contribution in [0.4, 0.5) is 0 Å². The Morgan fingerprint density at radius 2 is 2.44 bits per heavy atom. The van der Waals surface area contributed by atoms with Crippen LogP contribution in [-0.4, -0.2) is 23.0 Å². The minimum Gasteiger partial charge on any atom is -0.469 e. The number of aliphatic imine (C=N–C) groups is 1. The van der Waals surface area contributed by atoms with Crippen LogP contribution < -0.4 is 5.32 Å². The van der Waals surface area contributed by atoms with Crippen molar-refractivity contribution in [2.75, 3.05) is 6.54 Å². The first-order chi connectivity index (χ1) is 7.74. The molecular weight excluding hydrogens is 220 g/mol. The summed E-state index contributed by atoms with van der Waals surface area (Å²) in [7, 11) is 0. The van der Waals surface area contributed by atoms with Gasteiger partial charge in [0.1, 0.15) is 5.76 Å². The van der Waals surface area contributed by atoms with Gasteiger partial charge in [0.15, 0.2) is 5.17 Å². The molecule has 0 spiro atoms. The molecule has 0 aromatic carbocycles. The van der Waals surface area contributed by atoms with Gasteiger partial charge in [-0.2, -0.15) is 0 Å². The van der Waals surface area contributed by atoms with Gasteiger partial charge in [-0.1, -0.05) is 18.7 Å². The van der Waals surface area contributed by atoms with Gasteiger partial charge in [-0.15, -0.1) is 0 Å². The van der Waals surface area contributed by atoms with E-state index in [1.54, 1.807) is 6.26 Å². The Labute approximate surface area is 101 Å². The third-order valence-corrected chi connectivity index (χ3v) is 3.63. The molecule has 2 heterocycles. The van der Waals surface area contributed by atoms with Crippen molar-refractivity contribution in [1.82, 2.24) is 5.32 Å². The molecule has 1 aromatic heterocycles. The lowest BCUT2D eigenvalue weighted by Crippen LogP contribution is -2.38. The topological polar surface area (TPSA) is 37.5 Å². The molecule has 2 rings (SSSR count). The van der Waals surface area contributed by atoms with E-state index in [2.05, 4.69) is 24.2 Å². The van der Waals surface area contributed by atoms with Gasteiger partial charge in [0.05, 0.1) is 6.26 Å². The fourth-order valence-electron chi connectivity index (χ4n) is 1.85. The Kier molecular flexibility index (Phi) is 3.93. The molecule has 1 N–H and O–H groups in total. The maximum atomic E-state index is 5.27. The Morgan fingerprint density at radius 1 is 1.56 bits per heavy atom. The molecule has 3 nitrogen and oxygen atoms in total. The highest BCUT2D eigenvalue weighted by molar-refractivity contribution is 8.14. The summed E-state index contributed by atoms with van der Waals surface area (Å²) in [5.41, 5.74) is 0. The third-order valence-electron chi connectivity index (χ3n) is 2.56. The maximum Gasteiger partial charge on any atom is 0.157 e. The highest BCUT2D eigenvalue weighted by Gasteiger charge is 2.19. The molecule has 1 aromatic rings. The molecule has 4 heteroatoms. The van der Waals surface area contributed by atoms with Crippen LogP contribution in [0.2, 0.25) is 0 Å². The Morgan fingerprint density at radius 3 is 3.12 bits per heavy atom. The number of hydrogen-bond donors (Lipinski definition) is 1. The van der Waals surface area contributed by atoms with E-state index in [-0.39, 0.29) is 0 Å².